The Morgan fingerprint density at radius 1 is 1.19 bits per heavy atom. The van der Waals surface area contributed by atoms with Gasteiger partial charge in [-0.3, -0.25) is 14.0 Å². The number of aromatic nitrogens is 3. The summed E-state index contributed by atoms with van der Waals surface area (Å²) in [7, 11) is 0. The lowest BCUT2D eigenvalue weighted by Gasteiger charge is -2.23. The van der Waals surface area contributed by atoms with E-state index in [0.29, 0.717) is 29.5 Å². The number of aryl methyl sites for hydroxylation is 2. The van der Waals surface area contributed by atoms with Crippen LogP contribution in [0.25, 0.3) is 15.4 Å². The van der Waals surface area contributed by atoms with Crippen LogP contribution in [0.2, 0.25) is 0 Å². The van der Waals surface area contributed by atoms with Crippen molar-refractivity contribution in [2.75, 3.05) is 18.2 Å². The highest BCUT2D eigenvalue weighted by molar-refractivity contribution is 7.99. The van der Waals surface area contributed by atoms with Gasteiger partial charge in [0.2, 0.25) is 0 Å². The Morgan fingerprint density at radius 2 is 2.00 bits per heavy atom. The Kier molecular flexibility index (Phi) is 5.75. The maximum atomic E-state index is 13.5. The van der Waals surface area contributed by atoms with E-state index in [1.54, 1.807) is 11.8 Å². The molecule has 164 valence electrons. The van der Waals surface area contributed by atoms with Crippen molar-refractivity contribution < 1.29 is 9.59 Å². The summed E-state index contributed by atoms with van der Waals surface area (Å²) in [5.74, 6) is 1.10. The first-order valence-corrected chi connectivity index (χ1v) is 13.0. The number of carbonyl (C=O) groups is 2. The number of thiazole rings is 2. The molecule has 1 aliphatic rings. The van der Waals surface area contributed by atoms with E-state index >= 15 is 0 Å². The highest BCUT2D eigenvalue weighted by Gasteiger charge is 2.33. The molecule has 4 heterocycles. The number of fused-ring (bicyclic) bond motifs is 1. The third kappa shape index (κ3) is 3.82. The molecule has 0 spiro atoms. The fraction of sp³-hybridized carbons (Fsp3) is 0.273. The molecule has 0 saturated carbocycles. The zero-order valence-corrected chi connectivity index (χ0v) is 20.0. The van der Waals surface area contributed by atoms with Gasteiger partial charge in [-0.05, 0) is 19.4 Å². The normalized spacial score (nSPS) is 16.1. The lowest BCUT2D eigenvalue weighted by Crippen LogP contribution is -2.44. The molecule has 7 nitrogen and oxygen atoms in total. The lowest BCUT2D eigenvalue weighted by atomic mass is 10.1. The number of benzene rings is 1. The zero-order chi connectivity index (χ0) is 22.2. The SMILES string of the molecule is Cc1nc(C(=O)N2CSC[C@H]2CNC(=O)c2c(C)nc3sccn23)c(-c2ccccc2)s1. The number of imidazole rings is 1. The zero-order valence-electron chi connectivity index (χ0n) is 17.6. The molecular weight excluding hydrogens is 462 g/mol. The van der Waals surface area contributed by atoms with Crippen molar-refractivity contribution in [3.8, 4) is 10.4 Å². The van der Waals surface area contributed by atoms with E-state index in [0.717, 1.165) is 26.2 Å². The summed E-state index contributed by atoms with van der Waals surface area (Å²) in [6.45, 7) is 4.15. The van der Waals surface area contributed by atoms with Gasteiger partial charge in [0, 0.05) is 23.9 Å². The van der Waals surface area contributed by atoms with E-state index in [2.05, 4.69) is 15.3 Å². The molecule has 10 heteroatoms. The van der Waals surface area contributed by atoms with E-state index in [-0.39, 0.29) is 17.9 Å². The summed E-state index contributed by atoms with van der Waals surface area (Å²) in [5.41, 5.74) is 2.73. The Balaban J connectivity index is 1.33. The molecule has 4 aromatic rings. The second kappa shape index (κ2) is 8.68. The van der Waals surface area contributed by atoms with Crippen LogP contribution in [-0.4, -0.2) is 55.3 Å². The Labute approximate surface area is 197 Å². The second-order valence-electron chi connectivity index (χ2n) is 7.52. The van der Waals surface area contributed by atoms with Crippen LogP contribution in [0, 0.1) is 13.8 Å². The average molecular weight is 484 g/mol. The summed E-state index contributed by atoms with van der Waals surface area (Å²) in [5, 5.41) is 5.79. The first-order valence-electron chi connectivity index (χ1n) is 10.1. The topological polar surface area (TPSA) is 79.6 Å². The minimum Gasteiger partial charge on any atom is -0.349 e. The van der Waals surface area contributed by atoms with Crippen molar-refractivity contribution in [1.29, 1.82) is 0 Å². The fourth-order valence-corrected chi connectivity index (χ4v) is 6.71. The number of nitrogens with one attached hydrogen (secondary N) is 1. The molecule has 1 atom stereocenters. The van der Waals surface area contributed by atoms with Crippen LogP contribution in [0.1, 0.15) is 31.7 Å². The second-order valence-corrected chi connectivity index (χ2v) is 10.6. The monoisotopic (exact) mass is 483 g/mol. The lowest BCUT2D eigenvalue weighted by molar-refractivity contribution is 0.0731. The van der Waals surface area contributed by atoms with Gasteiger partial charge in [-0.1, -0.05) is 30.3 Å². The summed E-state index contributed by atoms with van der Waals surface area (Å²) >= 11 is 4.72. The van der Waals surface area contributed by atoms with Crippen LogP contribution in [0.5, 0.6) is 0 Å². The van der Waals surface area contributed by atoms with E-state index in [1.807, 2.05) is 65.1 Å². The molecule has 1 aromatic carbocycles. The molecule has 5 rings (SSSR count). The molecule has 1 fully saturated rings. The van der Waals surface area contributed by atoms with E-state index in [4.69, 9.17) is 0 Å². The van der Waals surface area contributed by atoms with Crippen molar-refractivity contribution >= 4 is 51.2 Å². The number of hydrogen-bond acceptors (Lipinski definition) is 7. The number of thioether (sulfide) groups is 1. The van der Waals surface area contributed by atoms with Gasteiger partial charge in [0.1, 0.15) is 11.4 Å². The third-order valence-electron chi connectivity index (χ3n) is 5.36. The summed E-state index contributed by atoms with van der Waals surface area (Å²) in [6, 6.07) is 9.80. The van der Waals surface area contributed by atoms with Gasteiger partial charge >= 0.3 is 0 Å². The molecule has 1 N–H and O–H groups in total. The van der Waals surface area contributed by atoms with Gasteiger partial charge in [-0.15, -0.1) is 34.4 Å². The molecule has 1 saturated heterocycles. The largest absolute Gasteiger partial charge is 0.349 e. The molecule has 32 heavy (non-hydrogen) atoms. The van der Waals surface area contributed by atoms with Crippen molar-refractivity contribution in [3.63, 3.8) is 0 Å². The smallest absolute Gasteiger partial charge is 0.275 e. The highest BCUT2D eigenvalue weighted by Crippen LogP contribution is 2.33. The number of carbonyl (C=O) groups excluding carboxylic acids is 2. The van der Waals surface area contributed by atoms with Gasteiger partial charge < -0.3 is 10.2 Å². The van der Waals surface area contributed by atoms with Crippen LogP contribution < -0.4 is 5.32 Å². The van der Waals surface area contributed by atoms with Crippen LogP contribution in [0.4, 0.5) is 0 Å². The predicted octanol–water partition coefficient (Wildman–Crippen LogP) is 4.08. The van der Waals surface area contributed by atoms with Gasteiger partial charge in [-0.25, -0.2) is 9.97 Å². The number of hydrogen-bond donors (Lipinski definition) is 1. The minimum absolute atomic E-state index is 0.0850. The van der Waals surface area contributed by atoms with Crippen molar-refractivity contribution in [2.24, 2.45) is 0 Å². The standard InChI is InChI=1S/C22H21N5O2S3/c1-13-18(26-8-9-31-22(26)24-13)20(28)23-10-16-11-30-12-27(16)21(29)17-19(32-14(2)25-17)15-6-4-3-5-7-15/h3-9,16H,10-12H2,1-2H3,(H,23,28)/t16-/m1/s1. The summed E-state index contributed by atoms with van der Waals surface area (Å²) < 4.78 is 1.81. The summed E-state index contributed by atoms with van der Waals surface area (Å²) in [6.07, 6.45) is 1.85. The third-order valence-corrected chi connectivity index (χ3v) is 8.22. The first-order chi connectivity index (χ1) is 15.5. The Hall–Kier alpha value is -2.69. The van der Waals surface area contributed by atoms with Crippen LogP contribution in [0.15, 0.2) is 41.9 Å². The quantitative estimate of drug-likeness (QED) is 0.463. The Morgan fingerprint density at radius 3 is 2.81 bits per heavy atom. The molecule has 3 aromatic heterocycles. The van der Waals surface area contributed by atoms with Crippen LogP contribution >= 0.6 is 34.4 Å². The maximum Gasteiger partial charge on any atom is 0.275 e. The highest BCUT2D eigenvalue weighted by atomic mass is 32.2. The maximum absolute atomic E-state index is 13.5. The van der Waals surface area contributed by atoms with Crippen molar-refractivity contribution in [3.05, 3.63) is 64.0 Å². The molecule has 1 aliphatic heterocycles. The molecular formula is C22H21N5O2S3. The van der Waals surface area contributed by atoms with Crippen LogP contribution in [-0.2, 0) is 0 Å². The van der Waals surface area contributed by atoms with E-state index < -0.39 is 0 Å². The van der Waals surface area contributed by atoms with Crippen molar-refractivity contribution in [1.82, 2.24) is 24.6 Å². The summed E-state index contributed by atoms with van der Waals surface area (Å²) in [4.78, 5) is 38.9. The number of nitrogens with zero attached hydrogens (tertiary/aromatic N) is 4. The van der Waals surface area contributed by atoms with Gasteiger partial charge in [-0.2, -0.15) is 0 Å². The Bertz CT molecular complexity index is 1290. The van der Waals surface area contributed by atoms with Gasteiger partial charge in [0.15, 0.2) is 4.96 Å². The molecule has 0 unspecified atom stereocenters. The predicted molar refractivity (Wildman–Crippen MR) is 130 cm³/mol. The van der Waals surface area contributed by atoms with E-state index in [1.165, 1.54) is 22.7 Å². The molecule has 0 aliphatic carbocycles. The fourth-order valence-electron chi connectivity index (χ4n) is 3.83. The first kappa shape index (κ1) is 21.2. The number of rotatable bonds is 5. The minimum atomic E-state index is -0.174. The van der Waals surface area contributed by atoms with E-state index in [9.17, 15) is 9.59 Å². The molecule has 0 bridgehead atoms. The molecule has 2 amide bonds. The average Bonchev–Trinajstić information content (AvgIpc) is 3.56. The van der Waals surface area contributed by atoms with Gasteiger partial charge in [0.25, 0.3) is 11.8 Å². The molecule has 0 radical (unpaired) electrons. The van der Waals surface area contributed by atoms with Crippen molar-refractivity contribution in [2.45, 2.75) is 19.9 Å². The van der Waals surface area contributed by atoms with Crippen LogP contribution in [0.3, 0.4) is 0 Å². The number of amides is 2. The van der Waals surface area contributed by atoms with Gasteiger partial charge in [0.05, 0.1) is 27.5 Å².